The summed E-state index contributed by atoms with van der Waals surface area (Å²) in [6.45, 7) is 2.22. The van der Waals surface area contributed by atoms with E-state index in [2.05, 4.69) is 11.8 Å². The maximum Gasteiger partial charge on any atom is 0.255 e. The van der Waals surface area contributed by atoms with Gasteiger partial charge in [0.25, 0.3) is 5.91 Å². The fraction of sp³-hybridized carbons (Fsp3) is 0.438. The van der Waals surface area contributed by atoms with Crippen LogP contribution in [0.15, 0.2) is 18.2 Å². The van der Waals surface area contributed by atoms with Crippen molar-refractivity contribution in [2.24, 2.45) is 5.73 Å². The van der Waals surface area contributed by atoms with Gasteiger partial charge in [0, 0.05) is 24.4 Å². The minimum atomic E-state index is -0.410. The first kappa shape index (κ1) is 17.5. The Balaban J connectivity index is 3.11. The van der Waals surface area contributed by atoms with E-state index in [0.717, 1.165) is 12.2 Å². The molecule has 0 aliphatic heterocycles. The molecule has 2 N–H and O–H groups in total. The van der Waals surface area contributed by atoms with Crippen LogP contribution in [0.2, 0.25) is 0 Å². The molecule has 0 bridgehead atoms. The SMILES string of the molecule is CCC(CSC)N(C)C(=O)c1ccc(F)cc1C#CCN. The van der Waals surface area contributed by atoms with Gasteiger partial charge in [-0.3, -0.25) is 4.79 Å². The molecule has 1 unspecified atom stereocenters. The number of hydrogen-bond acceptors (Lipinski definition) is 3. The minimum Gasteiger partial charge on any atom is -0.338 e. The van der Waals surface area contributed by atoms with Crippen LogP contribution < -0.4 is 5.73 Å². The lowest BCUT2D eigenvalue weighted by Gasteiger charge is -2.27. The van der Waals surface area contributed by atoms with E-state index >= 15 is 0 Å². The van der Waals surface area contributed by atoms with E-state index in [0.29, 0.717) is 11.1 Å². The van der Waals surface area contributed by atoms with Crippen molar-refractivity contribution in [1.29, 1.82) is 0 Å². The molecule has 0 fully saturated rings. The minimum absolute atomic E-state index is 0.141. The van der Waals surface area contributed by atoms with Gasteiger partial charge in [0.05, 0.1) is 12.1 Å². The normalized spacial score (nSPS) is 11.5. The summed E-state index contributed by atoms with van der Waals surface area (Å²) in [7, 11) is 1.77. The van der Waals surface area contributed by atoms with Crippen molar-refractivity contribution in [3.05, 3.63) is 35.1 Å². The van der Waals surface area contributed by atoms with Crippen LogP contribution >= 0.6 is 11.8 Å². The van der Waals surface area contributed by atoms with Crippen LogP contribution in [0.25, 0.3) is 0 Å². The first-order chi connectivity index (χ1) is 10.0. The van der Waals surface area contributed by atoms with Crippen LogP contribution in [0.1, 0.15) is 29.3 Å². The molecule has 0 aromatic heterocycles. The average molecular weight is 308 g/mol. The molecule has 0 radical (unpaired) electrons. The summed E-state index contributed by atoms with van der Waals surface area (Å²) < 4.78 is 13.4. The van der Waals surface area contributed by atoms with E-state index in [9.17, 15) is 9.18 Å². The first-order valence-corrected chi connectivity index (χ1v) is 8.19. The van der Waals surface area contributed by atoms with E-state index in [1.54, 1.807) is 23.7 Å². The zero-order valence-corrected chi connectivity index (χ0v) is 13.5. The summed E-state index contributed by atoms with van der Waals surface area (Å²) in [5, 5.41) is 0. The predicted octanol–water partition coefficient (Wildman–Crippen LogP) is 2.35. The van der Waals surface area contributed by atoms with Gasteiger partial charge in [-0.2, -0.15) is 11.8 Å². The Labute approximate surface area is 130 Å². The molecule has 0 saturated carbocycles. The molecule has 3 nitrogen and oxygen atoms in total. The number of benzene rings is 1. The highest BCUT2D eigenvalue weighted by atomic mass is 32.2. The Kier molecular flexibility index (Phi) is 7.27. The summed E-state index contributed by atoms with van der Waals surface area (Å²) in [6, 6.07) is 4.19. The van der Waals surface area contributed by atoms with E-state index in [-0.39, 0.29) is 18.5 Å². The molecule has 1 aromatic carbocycles. The number of carbonyl (C=O) groups is 1. The number of thioether (sulfide) groups is 1. The molecule has 0 spiro atoms. The van der Waals surface area contributed by atoms with Crippen LogP contribution in [0.5, 0.6) is 0 Å². The van der Waals surface area contributed by atoms with Gasteiger partial charge in [0.2, 0.25) is 0 Å². The lowest BCUT2D eigenvalue weighted by Crippen LogP contribution is -2.38. The molecule has 0 saturated heterocycles. The fourth-order valence-corrected chi connectivity index (χ4v) is 2.85. The van der Waals surface area contributed by atoms with Gasteiger partial charge in [-0.1, -0.05) is 18.8 Å². The third kappa shape index (κ3) is 4.76. The number of nitrogens with zero attached hydrogens (tertiary/aromatic N) is 1. The lowest BCUT2D eigenvalue weighted by molar-refractivity contribution is 0.0743. The van der Waals surface area contributed by atoms with Crippen molar-refractivity contribution in [2.45, 2.75) is 19.4 Å². The van der Waals surface area contributed by atoms with Crippen LogP contribution in [0, 0.1) is 17.7 Å². The van der Waals surface area contributed by atoms with E-state index < -0.39 is 5.82 Å². The van der Waals surface area contributed by atoms with Crippen LogP contribution in [-0.2, 0) is 0 Å². The molecule has 0 aliphatic carbocycles. The van der Waals surface area contributed by atoms with Gasteiger partial charge in [-0.05, 0) is 30.9 Å². The Morgan fingerprint density at radius 3 is 2.81 bits per heavy atom. The fourth-order valence-electron chi connectivity index (χ4n) is 2.00. The van der Waals surface area contributed by atoms with Gasteiger partial charge in [-0.15, -0.1) is 0 Å². The summed E-state index contributed by atoms with van der Waals surface area (Å²) in [4.78, 5) is 14.3. The quantitative estimate of drug-likeness (QED) is 0.849. The molecule has 1 atom stereocenters. The second-order valence-corrected chi connectivity index (χ2v) is 5.54. The number of carbonyl (C=O) groups excluding carboxylic acids is 1. The highest BCUT2D eigenvalue weighted by Crippen LogP contribution is 2.16. The van der Waals surface area contributed by atoms with Crippen LogP contribution in [0.3, 0.4) is 0 Å². The Hall–Kier alpha value is -1.51. The molecule has 0 aliphatic rings. The van der Waals surface area contributed by atoms with E-state index in [1.165, 1.54) is 18.2 Å². The van der Waals surface area contributed by atoms with Crippen molar-refractivity contribution < 1.29 is 9.18 Å². The van der Waals surface area contributed by atoms with E-state index in [1.807, 2.05) is 13.2 Å². The number of amides is 1. The maximum absolute atomic E-state index is 13.4. The maximum atomic E-state index is 13.4. The zero-order valence-electron chi connectivity index (χ0n) is 12.6. The van der Waals surface area contributed by atoms with Crippen LogP contribution in [-0.4, -0.2) is 42.4 Å². The Morgan fingerprint density at radius 2 is 2.24 bits per heavy atom. The molecule has 1 rings (SSSR count). The van der Waals surface area contributed by atoms with Gasteiger partial charge >= 0.3 is 0 Å². The second kappa shape index (κ2) is 8.71. The monoisotopic (exact) mass is 308 g/mol. The third-order valence-corrected chi connectivity index (χ3v) is 3.95. The topological polar surface area (TPSA) is 46.3 Å². The van der Waals surface area contributed by atoms with Crippen molar-refractivity contribution in [3.8, 4) is 11.8 Å². The molecule has 1 aromatic rings. The van der Waals surface area contributed by atoms with Crippen molar-refractivity contribution in [3.63, 3.8) is 0 Å². The standard InChI is InChI=1S/C16H21FN2OS/c1-4-14(11-21-3)19(2)16(20)15-8-7-13(17)10-12(15)6-5-9-18/h7-8,10,14H,4,9,11,18H2,1-3H3. The Bertz CT molecular complexity index is 551. The van der Waals surface area contributed by atoms with Crippen molar-refractivity contribution >= 4 is 17.7 Å². The highest BCUT2D eigenvalue weighted by Gasteiger charge is 2.21. The van der Waals surface area contributed by atoms with Crippen molar-refractivity contribution in [1.82, 2.24) is 4.90 Å². The Morgan fingerprint density at radius 1 is 1.52 bits per heavy atom. The van der Waals surface area contributed by atoms with Crippen LogP contribution in [0.4, 0.5) is 4.39 Å². The summed E-state index contributed by atoms with van der Waals surface area (Å²) in [5.74, 6) is 5.75. The number of rotatable bonds is 5. The third-order valence-electron chi connectivity index (χ3n) is 3.24. The zero-order chi connectivity index (χ0) is 15.8. The second-order valence-electron chi connectivity index (χ2n) is 4.63. The van der Waals surface area contributed by atoms with Crippen molar-refractivity contribution in [2.75, 3.05) is 25.6 Å². The van der Waals surface area contributed by atoms with Gasteiger partial charge in [0.15, 0.2) is 0 Å². The largest absolute Gasteiger partial charge is 0.338 e. The molecule has 5 heteroatoms. The van der Waals surface area contributed by atoms with Gasteiger partial charge in [0.1, 0.15) is 5.82 Å². The number of halogens is 1. The highest BCUT2D eigenvalue weighted by molar-refractivity contribution is 7.98. The predicted molar refractivity (Wildman–Crippen MR) is 86.9 cm³/mol. The average Bonchev–Trinajstić information content (AvgIpc) is 2.49. The summed E-state index contributed by atoms with van der Waals surface area (Å²) in [5.41, 5.74) is 6.15. The van der Waals surface area contributed by atoms with Gasteiger partial charge in [-0.25, -0.2) is 4.39 Å². The summed E-state index contributed by atoms with van der Waals surface area (Å²) in [6.07, 6.45) is 2.88. The molecule has 21 heavy (non-hydrogen) atoms. The number of nitrogens with two attached hydrogens (primary N) is 1. The molecule has 1 amide bonds. The molecule has 0 heterocycles. The smallest absolute Gasteiger partial charge is 0.255 e. The van der Waals surface area contributed by atoms with E-state index in [4.69, 9.17) is 5.73 Å². The first-order valence-electron chi connectivity index (χ1n) is 6.79. The summed E-state index contributed by atoms with van der Waals surface area (Å²) >= 11 is 1.70. The molecular formula is C16H21FN2OS. The lowest BCUT2D eigenvalue weighted by atomic mass is 10.1. The molecular weight excluding hydrogens is 287 g/mol. The number of hydrogen-bond donors (Lipinski definition) is 1. The van der Waals surface area contributed by atoms with Gasteiger partial charge < -0.3 is 10.6 Å². The molecule has 114 valence electrons.